The molecule has 0 heterocycles. The molecule has 0 radical (unpaired) electrons. The number of nitrogens with one attached hydrogen (secondary N) is 3. The second-order valence-electron chi connectivity index (χ2n) is 7.21. The monoisotopic (exact) mass is 448 g/mol. The van der Waals surface area contributed by atoms with Crippen molar-refractivity contribution in [2.75, 3.05) is 6.61 Å². The van der Waals surface area contributed by atoms with Gasteiger partial charge < -0.3 is 42.1 Å². The summed E-state index contributed by atoms with van der Waals surface area (Å²) < 4.78 is 0. The highest BCUT2D eigenvalue weighted by Crippen LogP contribution is 2.06. The molecule has 178 valence electrons. The molecule has 13 nitrogen and oxygen atoms in total. The number of aliphatic carboxylic acids is 2. The number of amides is 3. The van der Waals surface area contributed by atoms with Crippen molar-refractivity contribution >= 4 is 29.7 Å². The average Bonchev–Trinajstić information content (AvgIpc) is 2.70. The molecule has 3 amide bonds. The maximum Gasteiger partial charge on any atom is 0.326 e. The van der Waals surface area contributed by atoms with Gasteiger partial charge in [0.25, 0.3) is 0 Å². The van der Waals surface area contributed by atoms with E-state index in [9.17, 15) is 34.2 Å². The fourth-order valence-electron chi connectivity index (χ4n) is 2.42. The van der Waals surface area contributed by atoms with Crippen LogP contribution in [-0.2, 0) is 24.0 Å². The van der Waals surface area contributed by atoms with Crippen LogP contribution >= 0.6 is 0 Å². The molecule has 0 saturated carbocycles. The molecule has 0 aliphatic carbocycles. The van der Waals surface area contributed by atoms with Gasteiger partial charge in [0.15, 0.2) is 0 Å². The van der Waals surface area contributed by atoms with Crippen LogP contribution in [0.4, 0.5) is 0 Å². The SMILES string of the molecule is CCC(C)C(N)C(=O)NC(C(=O)NC(CO)C(=O)NC(CCC(=O)O)C(=O)O)C(C)O. The number of carbonyl (C=O) groups excluding carboxylic acids is 3. The van der Waals surface area contributed by atoms with Crippen LogP contribution in [0.5, 0.6) is 0 Å². The molecule has 0 aromatic carbocycles. The summed E-state index contributed by atoms with van der Waals surface area (Å²) in [6, 6.07) is -5.61. The maximum atomic E-state index is 12.5. The lowest BCUT2D eigenvalue weighted by molar-refractivity contribution is -0.143. The normalized spacial score (nSPS) is 16.7. The first-order valence-electron chi connectivity index (χ1n) is 9.75. The van der Waals surface area contributed by atoms with E-state index < -0.39 is 79.4 Å². The molecule has 0 aliphatic rings. The summed E-state index contributed by atoms with van der Waals surface area (Å²) >= 11 is 0. The van der Waals surface area contributed by atoms with Crippen molar-refractivity contribution in [1.29, 1.82) is 0 Å². The zero-order valence-electron chi connectivity index (χ0n) is 17.7. The van der Waals surface area contributed by atoms with E-state index in [1.165, 1.54) is 6.92 Å². The van der Waals surface area contributed by atoms with Gasteiger partial charge in [-0.2, -0.15) is 0 Å². The van der Waals surface area contributed by atoms with Crippen molar-refractivity contribution in [3.8, 4) is 0 Å². The summed E-state index contributed by atoms with van der Waals surface area (Å²) in [6.07, 6.45) is -1.72. The van der Waals surface area contributed by atoms with Crippen molar-refractivity contribution in [1.82, 2.24) is 16.0 Å². The molecule has 0 aliphatic heterocycles. The fourth-order valence-corrected chi connectivity index (χ4v) is 2.42. The van der Waals surface area contributed by atoms with Crippen molar-refractivity contribution < 1.29 is 44.4 Å². The number of carboxylic acids is 2. The standard InChI is InChI=1S/C18H32N4O9/c1-4-8(2)13(19)16(28)22-14(9(3)24)17(29)21-11(7-23)15(27)20-10(18(30)31)5-6-12(25)26/h8-11,13-14,23-24H,4-7,19H2,1-3H3,(H,20,27)(H,21,29)(H,22,28)(H,25,26)(H,30,31). The molecule has 0 fully saturated rings. The summed E-state index contributed by atoms with van der Waals surface area (Å²) in [7, 11) is 0. The number of rotatable bonds is 14. The van der Waals surface area contributed by atoms with Crippen molar-refractivity contribution in [3.05, 3.63) is 0 Å². The number of carboxylic acid groups (broad SMARTS) is 2. The van der Waals surface area contributed by atoms with Crippen molar-refractivity contribution in [2.24, 2.45) is 11.7 Å². The summed E-state index contributed by atoms with van der Waals surface area (Å²) in [4.78, 5) is 58.8. The van der Waals surface area contributed by atoms with Crippen LogP contribution in [-0.4, -0.2) is 87.0 Å². The summed E-state index contributed by atoms with van der Waals surface area (Å²) in [5, 5.41) is 43.5. The second kappa shape index (κ2) is 13.5. The Hall–Kier alpha value is -2.77. The third kappa shape index (κ3) is 9.72. The lowest BCUT2D eigenvalue weighted by Crippen LogP contribution is -2.61. The molecular formula is C18H32N4O9. The minimum atomic E-state index is -1.61. The molecule has 13 heteroatoms. The Kier molecular flexibility index (Phi) is 12.3. The van der Waals surface area contributed by atoms with Crippen LogP contribution < -0.4 is 21.7 Å². The minimum Gasteiger partial charge on any atom is -0.481 e. The first kappa shape index (κ1) is 28.2. The zero-order chi connectivity index (χ0) is 24.3. The molecule has 6 atom stereocenters. The van der Waals surface area contributed by atoms with E-state index in [0.29, 0.717) is 6.42 Å². The van der Waals surface area contributed by atoms with Gasteiger partial charge in [0, 0.05) is 6.42 Å². The van der Waals surface area contributed by atoms with Gasteiger partial charge in [0.05, 0.1) is 18.8 Å². The molecule has 0 spiro atoms. The van der Waals surface area contributed by atoms with Crippen LogP contribution in [0.1, 0.15) is 40.0 Å². The van der Waals surface area contributed by atoms with E-state index >= 15 is 0 Å². The van der Waals surface area contributed by atoms with Gasteiger partial charge >= 0.3 is 11.9 Å². The summed E-state index contributed by atoms with van der Waals surface area (Å²) in [6.45, 7) is 3.86. The zero-order valence-corrected chi connectivity index (χ0v) is 17.7. The molecule has 9 N–H and O–H groups in total. The molecule has 0 saturated heterocycles. The predicted molar refractivity (Wildman–Crippen MR) is 106 cm³/mol. The Morgan fingerprint density at radius 2 is 1.45 bits per heavy atom. The van der Waals surface area contributed by atoms with Gasteiger partial charge in [0.1, 0.15) is 18.1 Å². The Labute approximate surface area is 179 Å². The van der Waals surface area contributed by atoms with E-state index in [1.54, 1.807) is 6.92 Å². The van der Waals surface area contributed by atoms with Crippen LogP contribution in [0.2, 0.25) is 0 Å². The van der Waals surface area contributed by atoms with Gasteiger partial charge in [-0.25, -0.2) is 4.79 Å². The van der Waals surface area contributed by atoms with Gasteiger partial charge in [-0.15, -0.1) is 0 Å². The number of carbonyl (C=O) groups is 5. The van der Waals surface area contributed by atoms with E-state index in [-0.39, 0.29) is 5.92 Å². The largest absolute Gasteiger partial charge is 0.481 e. The van der Waals surface area contributed by atoms with Gasteiger partial charge in [-0.3, -0.25) is 19.2 Å². The molecule has 0 rings (SSSR count). The molecule has 6 unspecified atom stereocenters. The second-order valence-corrected chi connectivity index (χ2v) is 7.21. The third-order valence-electron chi connectivity index (χ3n) is 4.70. The Balaban J connectivity index is 5.20. The smallest absolute Gasteiger partial charge is 0.326 e. The van der Waals surface area contributed by atoms with Crippen molar-refractivity contribution in [3.63, 3.8) is 0 Å². The first-order valence-corrected chi connectivity index (χ1v) is 9.75. The summed E-state index contributed by atoms with van der Waals surface area (Å²) in [5.74, 6) is -5.75. The Bertz CT molecular complexity index is 656. The number of aliphatic hydroxyl groups is 2. The average molecular weight is 448 g/mol. The molecule has 0 aromatic heterocycles. The number of aliphatic hydroxyl groups excluding tert-OH is 2. The first-order chi connectivity index (χ1) is 14.3. The van der Waals surface area contributed by atoms with Gasteiger partial charge in [-0.05, 0) is 19.3 Å². The van der Waals surface area contributed by atoms with Crippen molar-refractivity contribution in [2.45, 2.75) is 70.3 Å². The number of hydrogen-bond acceptors (Lipinski definition) is 8. The fraction of sp³-hybridized carbons (Fsp3) is 0.722. The number of nitrogens with two attached hydrogens (primary N) is 1. The highest BCUT2D eigenvalue weighted by molar-refractivity contribution is 5.94. The van der Waals surface area contributed by atoms with Gasteiger partial charge in [0.2, 0.25) is 17.7 Å². The highest BCUT2D eigenvalue weighted by Gasteiger charge is 2.32. The van der Waals surface area contributed by atoms with E-state index in [4.69, 9.17) is 15.9 Å². The summed E-state index contributed by atoms with van der Waals surface area (Å²) in [5.41, 5.74) is 5.80. The lowest BCUT2D eigenvalue weighted by Gasteiger charge is -2.26. The van der Waals surface area contributed by atoms with Gasteiger partial charge in [-0.1, -0.05) is 20.3 Å². The lowest BCUT2D eigenvalue weighted by atomic mass is 9.98. The highest BCUT2D eigenvalue weighted by atomic mass is 16.4. The Morgan fingerprint density at radius 1 is 0.903 bits per heavy atom. The van der Waals surface area contributed by atoms with Crippen LogP contribution in [0.25, 0.3) is 0 Å². The molecule has 31 heavy (non-hydrogen) atoms. The topological polar surface area (TPSA) is 228 Å². The quantitative estimate of drug-likeness (QED) is 0.135. The molecular weight excluding hydrogens is 416 g/mol. The van der Waals surface area contributed by atoms with Crippen LogP contribution in [0.3, 0.4) is 0 Å². The van der Waals surface area contributed by atoms with Crippen LogP contribution in [0.15, 0.2) is 0 Å². The number of hydrogen-bond donors (Lipinski definition) is 8. The molecule has 0 bridgehead atoms. The third-order valence-corrected chi connectivity index (χ3v) is 4.70. The van der Waals surface area contributed by atoms with Crippen LogP contribution in [0, 0.1) is 5.92 Å². The molecule has 0 aromatic rings. The maximum absolute atomic E-state index is 12.5. The Morgan fingerprint density at radius 3 is 1.87 bits per heavy atom. The predicted octanol–water partition coefficient (Wildman–Crippen LogP) is -2.86. The minimum absolute atomic E-state index is 0.201. The van der Waals surface area contributed by atoms with E-state index in [1.807, 2.05) is 12.2 Å². The van der Waals surface area contributed by atoms with E-state index in [2.05, 4.69) is 10.6 Å². The van der Waals surface area contributed by atoms with E-state index in [0.717, 1.165) is 0 Å².